The molecule has 1 N–H and O–H groups in total. The minimum absolute atomic E-state index is 0.149. The molecule has 0 heterocycles. The van der Waals surface area contributed by atoms with Gasteiger partial charge < -0.3 is 15.0 Å². The van der Waals surface area contributed by atoms with Gasteiger partial charge in [0, 0.05) is 17.6 Å². The summed E-state index contributed by atoms with van der Waals surface area (Å²) in [6.07, 6.45) is 0. The Morgan fingerprint density at radius 1 is 1.20 bits per heavy atom. The largest absolute Gasteiger partial charge is 0.492 e. The molecule has 0 aliphatic rings. The van der Waals surface area contributed by atoms with Gasteiger partial charge in [0.1, 0.15) is 18.2 Å². The first-order valence-electron chi connectivity index (χ1n) is 7.62. The maximum Gasteiger partial charge on any atom is 0.251 e. The van der Waals surface area contributed by atoms with Gasteiger partial charge in [-0.3, -0.25) is 9.59 Å². The van der Waals surface area contributed by atoms with Crippen molar-refractivity contribution >= 4 is 23.4 Å². The van der Waals surface area contributed by atoms with Crippen molar-refractivity contribution in [2.45, 2.75) is 0 Å². The summed E-state index contributed by atoms with van der Waals surface area (Å²) >= 11 is 5.86. The molecule has 0 atom stereocenters. The molecule has 0 spiro atoms. The minimum atomic E-state index is -0.433. The number of carbonyl (C=O) groups is 2. The lowest BCUT2D eigenvalue weighted by atomic mass is 10.2. The van der Waals surface area contributed by atoms with E-state index in [4.69, 9.17) is 16.3 Å². The molecule has 25 heavy (non-hydrogen) atoms. The number of carbonyl (C=O) groups excluding carboxylic acids is 2. The second kappa shape index (κ2) is 9.03. The van der Waals surface area contributed by atoms with Gasteiger partial charge in [0.05, 0.1) is 13.1 Å². The second-order valence-electron chi connectivity index (χ2n) is 5.31. The van der Waals surface area contributed by atoms with Crippen LogP contribution in [0.2, 0.25) is 5.02 Å². The highest BCUT2D eigenvalue weighted by Gasteiger charge is 2.12. The maximum absolute atomic E-state index is 12.8. The van der Waals surface area contributed by atoms with Crippen molar-refractivity contribution in [2.24, 2.45) is 0 Å². The van der Waals surface area contributed by atoms with Gasteiger partial charge in [-0.05, 0) is 42.5 Å². The standard InChI is InChI=1S/C18H18ClFN2O3/c1-22(9-10-25-16-4-2-3-14(19)11-16)17(23)12-21-18(24)13-5-7-15(20)8-6-13/h2-8,11H,9-10,12H2,1H3,(H,21,24). The van der Waals surface area contributed by atoms with Crippen molar-refractivity contribution in [3.05, 3.63) is 64.9 Å². The fourth-order valence-corrected chi connectivity index (χ4v) is 2.16. The van der Waals surface area contributed by atoms with Crippen LogP contribution in [0.3, 0.4) is 0 Å². The molecule has 0 aromatic heterocycles. The molecule has 0 radical (unpaired) electrons. The number of hydrogen-bond donors (Lipinski definition) is 1. The quantitative estimate of drug-likeness (QED) is 0.821. The Hall–Kier alpha value is -2.60. The van der Waals surface area contributed by atoms with Crippen LogP contribution in [-0.4, -0.2) is 43.5 Å². The van der Waals surface area contributed by atoms with Crippen LogP contribution in [0.25, 0.3) is 0 Å². The third-order valence-corrected chi connectivity index (χ3v) is 3.66. The smallest absolute Gasteiger partial charge is 0.251 e. The zero-order chi connectivity index (χ0) is 18.2. The first kappa shape index (κ1) is 18.7. The summed E-state index contributed by atoms with van der Waals surface area (Å²) in [5, 5.41) is 3.08. The highest BCUT2D eigenvalue weighted by molar-refractivity contribution is 6.30. The van der Waals surface area contributed by atoms with Gasteiger partial charge in [0.2, 0.25) is 5.91 Å². The molecule has 0 saturated heterocycles. The number of nitrogens with zero attached hydrogens (tertiary/aromatic N) is 1. The number of amides is 2. The Balaban J connectivity index is 1.72. The van der Waals surface area contributed by atoms with Crippen LogP contribution in [0.5, 0.6) is 5.75 Å². The average Bonchev–Trinajstić information content (AvgIpc) is 2.60. The molecule has 0 saturated carbocycles. The Morgan fingerprint density at radius 3 is 2.60 bits per heavy atom. The zero-order valence-electron chi connectivity index (χ0n) is 13.7. The second-order valence-corrected chi connectivity index (χ2v) is 5.75. The van der Waals surface area contributed by atoms with Gasteiger partial charge in [-0.1, -0.05) is 17.7 Å². The summed E-state index contributed by atoms with van der Waals surface area (Å²) in [5.41, 5.74) is 0.293. The Kier molecular flexibility index (Phi) is 6.77. The van der Waals surface area contributed by atoms with E-state index in [1.165, 1.54) is 29.2 Å². The van der Waals surface area contributed by atoms with E-state index in [2.05, 4.69) is 5.32 Å². The third kappa shape index (κ3) is 6.08. The van der Waals surface area contributed by atoms with E-state index in [-0.39, 0.29) is 12.5 Å². The van der Waals surface area contributed by atoms with E-state index >= 15 is 0 Å². The third-order valence-electron chi connectivity index (χ3n) is 3.42. The highest BCUT2D eigenvalue weighted by atomic mass is 35.5. The molecule has 2 amide bonds. The van der Waals surface area contributed by atoms with Gasteiger partial charge >= 0.3 is 0 Å². The van der Waals surface area contributed by atoms with E-state index in [0.29, 0.717) is 29.5 Å². The molecule has 7 heteroatoms. The van der Waals surface area contributed by atoms with Crippen molar-refractivity contribution in [3.63, 3.8) is 0 Å². The number of ether oxygens (including phenoxy) is 1. The number of halogens is 2. The van der Waals surface area contributed by atoms with Crippen molar-refractivity contribution < 1.29 is 18.7 Å². The molecule has 0 aliphatic carbocycles. The number of rotatable bonds is 7. The molecule has 0 bridgehead atoms. The summed E-state index contributed by atoms with van der Waals surface area (Å²) in [6, 6.07) is 12.1. The van der Waals surface area contributed by atoms with Crippen LogP contribution in [0.15, 0.2) is 48.5 Å². The summed E-state index contributed by atoms with van der Waals surface area (Å²) in [4.78, 5) is 25.3. The van der Waals surface area contributed by atoms with Crippen molar-refractivity contribution in [1.29, 1.82) is 0 Å². The number of nitrogens with one attached hydrogen (secondary N) is 1. The van der Waals surface area contributed by atoms with Crippen molar-refractivity contribution in [2.75, 3.05) is 26.7 Å². The molecule has 2 rings (SSSR count). The van der Waals surface area contributed by atoms with Crippen LogP contribution >= 0.6 is 11.6 Å². The first-order valence-corrected chi connectivity index (χ1v) is 7.99. The molecular weight excluding hydrogens is 347 g/mol. The normalized spacial score (nSPS) is 10.2. The molecule has 5 nitrogen and oxygen atoms in total. The SMILES string of the molecule is CN(CCOc1cccc(Cl)c1)C(=O)CNC(=O)c1ccc(F)cc1. The van der Waals surface area contributed by atoms with Crippen LogP contribution in [-0.2, 0) is 4.79 Å². The van der Waals surface area contributed by atoms with E-state index < -0.39 is 11.7 Å². The predicted molar refractivity (Wildman–Crippen MR) is 93.3 cm³/mol. The van der Waals surface area contributed by atoms with Gasteiger partial charge in [-0.15, -0.1) is 0 Å². The summed E-state index contributed by atoms with van der Waals surface area (Å²) in [5.74, 6) is -0.493. The summed E-state index contributed by atoms with van der Waals surface area (Å²) < 4.78 is 18.3. The van der Waals surface area contributed by atoms with E-state index in [9.17, 15) is 14.0 Å². The number of hydrogen-bond acceptors (Lipinski definition) is 3. The predicted octanol–water partition coefficient (Wildman–Crippen LogP) is 2.75. The lowest BCUT2D eigenvalue weighted by Crippen LogP contribution is -2.39. The monoisotopic (exact) mass is 364 g/mol. The van der Waals surface area contributed by atoms with Gasteiger partial charge in [0.15, 0.2) is 0 Å². The van der Waals surface area contributed by atoms with E-state index in [1.54, 1.807) is 31.3 Å². The summed E-state index contributed by atoms with van der Waals surface area (Å²) in [7, 11) is 1.62. The van der Waals surface area contributed by atoms with Crippen molar-refractivity contribution in [3.8, 4) is 5.75 Å². The van der Waals surface area contributed by atoms with Gasteiger partial charge in [-0.25, -0.2) is 4.39 Å². The average molecular weight is 365 g/mol. The number of likely N-dealkylation sites (N-methyl/N-ethyl adjacent to an activating group) is 1. The van der Waals surface area contributed by atoms with Gasteiger partial charge in [-0.2, -0.15) is 0 Å². The number of benzene rings is 2. The lowest BCUT2D eigenvalue weighted by Gasteiger charge is -2.18. The fourth-order valence-electron chi connectivity index (χ4n) is 1.98. The molecule has 0 fully saturated rings. The topological polar surface area (TPSA) is 58.6 Å². The summed E-state index contributed by atoms with van der Waals surface area (Å²) in [6.45, 7) is 0.510. The molecule has 2 aromatic carbocycles. The first-order chi connectivity index (χ1) is 12.0. The molecule has 2 aromatic rings. The van der Waals surface area contributed by atoms with Crippen LogP contribution in [0.4, 0.5) is 4.39 Å². The van der Waals surface area contributed by atoms with Crippen LogP contribution in [0.1, 0.15) is 10.4 Å². The highest BCUT2D eigenvalue weighted by Crippen LogP contribution is 2.16. The molecule has 132 valence electrons. The van der Waals surface area contributed by atoms with Crippen LogP contribution < -0.4 is 10.1 Å². The molecule has 0 aliphatic heterocycles. The Labute approximate surface area is 150 Å². The Morgan fingerprint density at radius 2 is 1.92 bits per heavy atom. The zero-order valence-corrected chi connectivity index (χ0v) is 14.4. The maximum atomic E-state index is 12.8. The lowest BCUT2D eigenvalue weighted by molar-refractivity contribution is -0.129. The van der Waals surface area contributed by atoms with Crippen molar-refractivity contribution in [1.82, 2.24) is 10.2 Å². The minimum Gasteiger partial charge on any atom is -0.492 e. The molecule has 0 unspecified atom stereocenters. The Bertz CT molecular complexity index is 737. The van der Waals surface area contributed by atoms with E-state index in [0.717, 1.165) is 0 Å². The molecular formula is C18H18ClFN2O3. The van der Waals surface area contributed by atoms with Gasteiger partial charge in [0.25, 0.3) is 5.91 Å². The fraction of sp³-hybridized carbons (Fsp3) is 0.222. The van der Waals surface area contributed by atoms with E-state index in [1.807, 2.05) is 0 Å². The van der Waals surface area contributed by atoms with Crippen LogP contribution in [0, 0.1) is 5.82 Å².